The van der Waals surface area contributed by atoms with Crippen molar-refractivity contribution in [3.63, 3.8) is 0 Å². The average molecular weight is 453 g/mol. The normalized spacial score (nSPS) is 12.1. The molecule has 1 amide bonds. The monoisotopic (exact) mass is 452 g/mol. The number of carbonyl (C=O) groups excluding carboxylic acids is 1. The Morgan fingerprint density at radius 1 is 1.10 bits per heavy atom. The number of hydrogen-bond donors (Lipinski definition) is 4. The molecule has 7 nitrogen and oxygen atoms in total. The van der Waals surface area contributed by atoms with Crippen molar-refractivity contribution in [2.75, 3.05) is 5.32 Å². The van der Waals surface area contributed by atoms with Crippen molar-refractivity contribution < 1.29 is 17.6 Å². The van der Waals surface area contributed by atoms with Gasteiger partial charge in [-0.3, -0.25) is 15.6 Å². The summed E-state index contributed by atoms with van der Waals surface area (Å²) < 4.78 is 40.4. The maximum atomic E-state index is 13.7. The smallest absolute Gasteiger partial charge is 0.256 e. The summed E-state index contributed by atoms with van der Waals surface area (Å²) in [5.41, 5.74) is 6.80. The van der Waals surface area contributed by atoms with Crippen LogP contribution in [0.5, 0.6) is 0 Å². The van der Waals surface area contributed by atoms with E-state index < -0.39 is 32.7 Å². The summed E-state index contributed by atoms with van der Waals surface area (Å²) in [4.78, 5) is 11.6. The number of thiocarbonyl (C=S) groups is 1. The number of carbonyl (C=O) groups is 1. The van der Waals surface area contributed by atoms with Crippen LogP contribution in [0.2, 0.25) is 0 Å². The molecule has 0 aliphatic heterocycles. The predicted octanol–water partition coefficient (Wildman–Crippen LogP) is 2.85. The second-order valence-electron chi connectivity index (χ2n) is 6.64. The van der Waals surface area contributed by atoms with Gasteiger partial charge < -0.3 is 5.32 Å². The van der Waals surface area contributed by atoms with Crippen LogP contribution < -0.4 is 20.9 Å². The first-order valence-electron chi connectivity index (χ1n) is 9.45. The highest BCUT2D eigenvalue weighted by molar-refractivity contribution is 7.89. The Labute approximate surface area is 181 Å². The lowest BCUT2D eigenvalue weighted by atomic mass is 10.1. The van der Waals surface area contributed by atoms with Crippen molar-refractivity contribution in [3.05, 3.63) is 59.9 Å². The van der Waals surface area contributed by atoms with Crippen LogP contribution in [0.3, 0.4) is 0 Å². The van der Waals surface area contributed by atoms with Crippen molar-refractivity contribution >= 4 is 38.9 Å². The van der Waals surface area contributed by atoms with Crippen LogP contribution in [0, 0.1) is 5.82 Å². The molecular weight excluding hydrogens is 427 g/mol. The van der Waals surface area contributed by atoms with Gasteiger partial charge in [0.15, 0.2) is 5.11 Å². The third kappa shape index (κ3) is 7.05. The first-order chi connectivity index (χ1) is 14.2. The highest BCUT2D eigenvalue weighted by Gasteiger charge is 2.24. The molecule has 0 spiro atoms. The summed E-state index contributed by atoms with van der Waals surface area (Å²) in [6.45, 7) is 3.47. The van der Waals surface area contributed by atoms with Gasteiger partial charge in [-0.2, -0.15) is 4.72 Å². The van der Waals surface area contributed by atoms with Gasteiger partial charge in [0.1, 0.15) is 10.7 Å². The van der Waals surface area contributed by atoms with Crippen LogP contribution >= 0.6 is 12.2 Å². The molecule has 4 N–H and O–H groups in total. The van der Waals surface area contributed by atoms with Crippen LogP contribution in [-0.2, 0) is 21.2 Å². The zero-order valence-electron chi connectivity index (χ0n) is 16.7. The molecule has 2 aromatic carbocycles. The lowest BCUT2D eigenvalue weighted by molar-refractivity contribution is -0.122. The third-order valence-electron chi connectivity index (χ3n) is 4.18. The molecule has 0 bridgehead atoms. The van der Waals surface area contributed by atoms with E-state index in [2.05, 4.69) is 27.8 Å². The number of sulfonamides is 1. The predicted molar refractivity (Wildman–Crippen MR) is 119 cm³/mol. The fourth-order valence-electron chi connectivity index (χ4n) is 2.54. The SMILES string of the molecule is CCCCc1ccc(NC(=S)NNC(=O)[C@H](C)NS(=O)(=O)c2ccccc2F)cc1. The molecule has 0 heterocycles. The zero-order chi connectivity index (χ0) is 22.1. The van der Waals surface area contributed by atoms with E-state index in [-0.39, 0.29) is 5.11 Å². The van der Waals surface area contributed by atoms with E-state index >= 15 is 0 Å². The van der Waals surface area contributed by atoms with E-state index in [9.17, 15) is 17.6 Å². The van der Waals surface area contributed by atoms with Crippen molar-refractivity contribution in [1.82, 2.24) is 15.6 Å². The van der Waals surface area contributed by atoms with Gasteiger partial charge in [0.2, 0.25) is 10.0 Å². The minimum Gasteiger partial charge on any atom is -0.331 e. The fraction of sp³-hybridized carbons (Fsp3) is 0.300. The van der Waals surface area contributed by atoms with E-state index in [1.54, 1.807) is 0 Å². The third-order valence-corrected chi connectivity index (χ3v) is 5.96. The molecule has 0 saturated carbocycles. The summed E-state index contributed by atoms with van der Waals surface area (Å²) in [5, 5.41) is 3.05. The van der Waals surface area contributed by atoms with Crippen molar-refractivity contribution in [3.8, 4) is 0 Å². The van der Waals surface area contributed by atoms with E-state index in [0.717, 1.165) is 37.1 Å². The van der Waals surface area contributed by atoms with E-state index in [0.29, 0.717) is 0 Å². The topological polar surface area (TPSA) is 99.3 Å². The Hall–Kier alpha value is -2.56. The summed E-state index contributed by atoms with van der Waals surface area (Å²) >= 11 is 5.12. The number of benzene rings is 2. The summed E-state index contributed by atoms with van der Waals surface area (Å²) in [7, 11) is -4.20. The molecule has 0 saturated heterocycles. The molecule has 0 unspecified atom stereocenters. The van der Waals surface area contributed by atoms with Crippen LogP contribution in [0.1, 0.15) is 32.3 Å². The number of unbranched alkanes of at least 4 members (excludes halogenated alkanes) is 1. The molecule has 0 aliphatic rings. The molecule has 0 radical (unpaired) electrons. The second-order valence-corrected chi connectivity index (χ2v) is 8.73. The summed E-state index contributed by atoms with van der Waals surface area (Å²) in [6.07, 6.45) is 3.26. The molecule has 10 heteroatoms. The van der Waals surface area contributed by atoms with Gasteiger partial charge in [0.25, 0.3) is 5.91 Å². The molecule has 2 aromatic rings. The lowest BCUT2D eigenvalue weighted by Gasteiger charge is -2.16. The molecule has 0 fully saturated rings. The van der Waals surface area contributed by atoms with Crippen molar-refractivity contribution in [2.24, 2.45) is 0 Å². The Kier molecular flexibility index (Phi) is 8.70. The maximum Gasteiger partial charge on any atom is 0.256 e. The van der Waals surface area contributed by atoms with Crippen molar-refractivity contribution in [1.29, 1.82) is 0 Å². The number of aryl methyl sites for hydroxylation is 1. The van der Waals surface area contributed by atoms with Gasteiger partial charge in [0.05, 0.1) is 6.04 Å². The molecule has 0 aromatic heterocycles. The van der Waals surface area contributed by atoms with Gasteiger partial charge >= 0.3 is 0 Å². The standard InChI is InChI=1S/C20H25FN4O3S2/c1-3-4-7-15-10-12-16(13-11-15)22-20(29)24-23-19(26)14(2)25-30(27,28)18-9-6-5-8-17(18)21/h5-6,8-14,25H,3-4,7H2,1-2H3,(H,23,26)(H2,22,24,29)/t14-/m0/s1. The Morgan fingerprint density at radius 2 is 1.77 bits per heavy atom. The van der Waals surface area contributed by atoms with Gasteiger partial charge in [0, 0.05) is 5.69 Å². The largest absolute Gasteiger partial charge is 0.331 e. The van der Waals surface area contributed by atoms with Gasteiger partial charge in [-0.1, -0.05) is 37.6 Å². The Morgan fingerprint density at radius 3 is 2.40 bits per heavy atom. The Balaban J connectivity index is 1.84. The van der Waals surface area contributed by atoms with Crippen LogP contribution in [0.15, 0.2) is 53.4 Å². The first-order valence-corrected chi connectivity index (χ1v) is 11.3. The highest BCUT2D eigenvalue weighted by atomic mass is 32.2. The molecule has 1 atom stereocenters. The number of hydrazine groups is 1. The minimum absolute atomic E-state index is 0.133. The lowest BCUT2D eigenvalue weighted by Crippen LogP contribution is -2.51. The van der Waals surface area contributed by atoms with Gasteiger partial charge in [-0.25, -0.2) is 12.8 Å². The Bertz CT molecular complexity index is 982. The van der Waals surface area contributed by atoms with E-state index in [4.69, 9.17) is 12.2 Å². The number of amides is 1. The highest BCUT2D eigenvalue weighted by Crippen LogP contribution is 2.14. The maximum absolute atomic E-state index is 13.7. The van der Waals surface area contributed by atoms with Crippen LogP contribution in [0.25, 0.3) is 0 Å². The number of rotatable bonds is 8. The van der Waals surface area contributed by atoms with E-state index in [1.165, 1.54) is 24.6 Å². The summed E-state index contributed by atoms with van der Waals surface area (Å²) in [6, 6.07) is 11.5. The van der Waals surface area contributed by atoms with Gasteiger partial charge in [-0.05, 0) is 61.8 Å². The molecule has 0 aliphatic carbocycles. The minimum atomic E-state index is -4.20. The molecule has 162 valence electrons. The average Bonchev–Trinajstić information content (AvgIpc) is 2.71. The second kappa shape index (κ2) is 11.0. The van der Waals surface area contributed by atoms with Crippen molar-refractivity contribution in [2.45, 2.75) is 44.0 Å². The van der Waals surface area contributed by atoms with Crippen LogP contribution in [-0.4, -0.2) is 25.5 Å². The summed E-state index contributed by atoms with van der Waals surface area (Å²) in [5.74, 6) is -1.59. The molecule has 30 heavy (non-hydrogen) atoms. The number of halogens is 1. The fourth-order valence-corrected chi connectivity index (χ4v) is 3.99. The van der Waals surface area contributed by atoms with E-state index in [1.807, 2.05) is 24.3 Å². The van der Waals surface area contributed by atoms with Crippen LogP contribution in [0.4, 0.5) is 10.1 Å². The molecular formula is C20H25FN4O3S2. The number of anilines is 1. The quantitative estimate of drug-likeness (QED) is 0.363. The number of nitrogens with one attached hydrogen (secondary N) is 4. The van der Waals surface area contributed by atoms with Gasteiger partial charge in [-0.15, -0.1) is 0 Å². The number of hydrogen-bond acceptors (Lipinski definition) is 4. The zero-order valence-corrected chi connectivity index (χ0v) is 18.4. The molecule has 2 rings (SSSR count). The first kappa shape index (κ1) is 23.7.